The van der Waals surface area contributed by atoms with E-state index >= 15 is 0 Å². The molecule has 0 aromatic heterocycles. The number of carbonyl (C=O) groups is 5. The SMILES string of the molecule is CC(C)C(NC(=O)[C@@H]1CCCN1C(=O)[C@H](C)NC(=O)[C@H](C)NC(=O)OC(C)(C)C)C(=O)C(F)(F)F. The number of nitrogens with zero attached hydrogens (tertiary/aromatic N) is 1. The number of alkyl carbamates (subject to hydrolysis) is 1. The van der Waals surface area contributed by atoms with Gasteiger partial charge in [-0.15, -0.1) is 0 Å². The van der Waals surface area contributed by atoms with Crippen molar-refractivity contribution in [2.75, 3.05) is 6.54 Å². The fourth-order valence-corrected chi connectivity index (χ4v) is 3.46. The third kappa shape index (κ3) is 9.02. The van der Waals surface area contributed by atoms with Crippen molar-refractivity contribution in [3.05, 3.63) is 0 Å². The summed E-state index contributed by atoms with van der Waals surface area (Å²) in [4.78, 5) is 62.8. The van der Waals surface area contributed by atoms with Gasteiger partial charge in [-0.25, -0.2) is 4.79 Å². The maximum absolute atomic E-state index is 12.9. The highest BCUT2D eigenvalue weighted by Gasteiger charge is 2.46. The van der Waals surface area contributed by atoms with Crippen LogP contribution >= 0.6 is 0 Å². The number of carbonyl (C=O) groups excluding carboxylic acids is 5. The normalized spacial score (nSPS) is 18.9. The minimum atomic E-state index is -5.11. The molecular weight excluding hydrogens is 473 g/mol. The number of Topliss-reactive ketones (excluding diaryl/α,β-unsaturated/α-hetero) is 1. The van der Waals surface area contributed by atoms with Gasteiger partial charge in [0, 0.05) is 6.54 Å². The number of halogens is 3. The average Bonchev–Trinajstić information content (AvgIpc) is 3.17. The standard InChI is InChI=1S/C22H35F3N4O6/c1-11(2)15(16(30)22(23,24)25)28-18(32)14-9-8-10-29(14)19(33)13(4)26-17(31)12(3)27-20(34)35-21(5,6)7/h11-15H,8-10H2,1-7H3,(H,26,31)(H,27,34)(H,28,32)/t12-,13-,14-,15?/m0/s1. The molecule has 0 bridgehead atoms. The number of amides is 4. The third-order valence-electron chi connectivity index (χ3n) is 5.22. The van der Waals surface area contributed by atoms with Gasteiger partial charge in [0.05, 0.1) is 6.04 Å². The summed E-state index contributed by atoms with van der Waals surface area (Å²) in [6.07, 6.45) is -5.32. The molecule has 0 spiro atoms. The Hall–Kier alpha value is -2.86. The summed E-state index contributed by atoms with van der Waals surface area (Å²) >= 11 is 0. The molecular formula is C22H35F3N4O6. The van der Waals surface area contributed by atoms with Gasteiger partial charge >= 0.3 is 12.3 Å². The molecule has 200 valence electrons. The van der Waals surface area contributed by atoms with Gasteiger partial charge < -0.3 is 25.6 Å². The first-order valence-corrected chi connectivity index (χ1v) is 11.4. The molecule has 0 aromatic rings. The molecule has 1 aliphatic rings. The summed E-state index contributed by atoms with van der Waals surface area (Å²) in [5.41, 5.74) is -0.770. The van der Waals surface area contributed by atoms with Crippen molar-refractivity contribution in [3.8, 4) is 0 Å². The van der Waals surface area contributed by atoms with Crippen LogP contribution in [0.3, 0.4) is 0 Å². The van der Waals surface area contributed by atoms with Gasteiger partial charge in [0.1, 0.15) is 23.7 Å². The predicted molar refractivity (Wildman–Crippen MR) is 119 cm³/mol. The quantitative estimate of drug-likeness (QED) is 0.457. The lowest BCUT2D eigenvalue weighted by molar-refractivity contribution is -0.175. The van der Waals surface area contributed by atoms with Crippen LogP contribution < -0.4 is 16.0 Å². The van der Waals surface area contributed by atoms with Crippen molar-refractivity contribution in [3.63, 3.8) is 0 Å². The maximum Gasteiger partial charge on any atom is 0.452 e. The fraction of sp³-hybridized carbons (Fsp3) is 0.773. The fourth-order valence-electron chi connectivity index (χ4n) is 3.46. The summed E-state index contributed by atoms with van der Waals surface area (Å²) in [5.74, 6) is -5.05. The number of ketones is 1. The Labute approximate surface area is 202 Å². The first-order valence-electron chi connectivity index (χ1n) is 11.4. The van der Waals surface area contributed by atoms with Crippen LogP contribution in [0.25, 0.3) is 0 Å². The lowest BCUT2D eigenvalue weighted by Gasteiger charge is -2.30. The number of rotatable bonds is 8. The second kappa shape index (κ2) is 11.7. The van der Waals surface area contributed by atoms with Gasteiger partial charge in [0.2, 0.25) is 17.7 Å². The molecule has 0 saturated carbocycles. The molecule has 3 N–H and O–H groups in total. The van der Waals surface area contributed by atoms with Crippen LogP contribution in [0.5, 0.6) is 0 Å². The minimum Gasteiger partial charge on any atom is -0.444 e. The molecule has 1 aliphatic heterocycles. The number of ether oxygens (including phenoxy) is 1. The van der Waals surface area contributed by atoms with E-state index in [2.05, 4.69) is 16.0 Å². The number of likely N-dealkylation sites (tertiary alicyclic amines) is 1. The van der Waals surface area contributed by atoms with E-state index in [1.807, 2.05) is 0 Å². The van der Waals surface area contributed by atoms with E-state index in [1.165, 1.54) is 32.6 Å². The zero-order valence-corrected chi connectivity index (χ0v) is 21.0. The van der Waals surface area contributed by atoms with Gasteiger partial charge in [0.25, 0.3) is 5.78 Å². The average molecular weight is 509 g/mol. The van der Waals surface area contributed by atoms with Gasteiger partial charge in [-0.3, -0.25) is 19.2 Å². The van der Waals surface area contributed by atoms with Crippen molar-refractivity contribution in [1.82, 2.24) is 20.9 Å². The van der Waals surface area contributed by atoms with E-state index in [4.69, 9.17) is 4.74 Å². The Morgan fingerprint density at radius 1 is 0.914 bits per heavy atom. The first kappa shape index (κ1) is 30.2. The second-order valence-corrected chi connectivity index (χ2v) is 9.88. The number of nitrogens with one attached hydrogen (secondary N) is 3. The third-order valence-corrected chi connectivity index (χ3v) is 5.22. The Morgan fingerprint density at radius 2 is 1.49 bits per heavy atom. The van der Waals surface area contributed by atoms with Crippen LogP contribution in [0.2, 0.25) is 0 Å². The molecule has 4 amide bonds. The highest BCUT2D eigenvalue weighted by molar-refractivity contribution is 5.97. The van der Waals surface area contributed by atoms with Gasteiger partial charge in [-0.2, -0.15) is 13.2 Å². The molecule has 0 aliphatic carbocycles. The molecule has 1 fully saturated rings. The van der Waals surface area contributed by atoms with Crippen LogP contribution in [0, 0.1) is 5.92 Å². The number of hydrogen-bond donors (Lipinski definition) is 3. The molecule has 1 heterocycles. The summed E-state index contributed by atoms with van der Waals surface area (Å²) in [6.45, 7) is 10.6. The van der Waals surface area contributed by atoms with Crippen molar-refractivity contribution in [2.45, 2.75) is 97.3 Å². The molecule has 1 unspecified atom stereocenters. The summed E-state index contributed by atoms with van der Waals surface area (Å²) in [7, 11) is 0. The smallest absolute Gasteiger partial charge is 0.444 e. The Kier molecular flexibility index (Phi) is 10.1. The topological polar surface area (TPSA) is 134 Å². The minimum absolute atomic E-state index is 0.155. The summed E-state index contributed by atoms with van der Waals surface area (Å²) < 4.78 is 43.8. The Bertz CT molecular complexity index is 825. The van der Waals surface area contributed by atoms with Crippen LogP contribution in [0.4, 0.5) is 18.0 Å². The van der Waals surface area contributed by atoms with Gasteiger partial charge in [0.15, 0.2) is 0 Å². The zero-order chi connectivity index (χ0) is 27.3. The molecule has 1 saturated heterocycles. The molecule has 13 heteroatoms. The highest BCUT2D eigenvalue weighted by Crippen LogP contribution is 2.23. The van der Waals surface area contributed by atoms with E-state index in [0.717, 1.165) is 0 Å². The van der Waals surface area contributed by atoms with Crippen LogP contribution in [0.15, 0.2) is 0 Å². The van der Waals surface area contributed by atoms with Crippen LogP contribution in [-0.2, 0) is 23.9 Å². The Balaban J connectivity index is 2.80. The second-order valence-electron chi connectivity index (χ2n) is 9.88. The van der Waals surface area contributed by atoms with E-state index in [1.54, 1.807) is 20.8 Å². The van der Waals surface area contributed by atoms with Gasteiger partial charge in [-0.1, -0.05) is 13.8 Å². The van der Waals surface area contributed by atoms with Crippen molar-refractivity contribution in [2.24, 2.45) is 5.92 Å². The molecule has 4 atom stereocenters. The van der Waals surface area contributed by atoms with Crippen molar-refractivity contribution >= 4 is 29.6 Å². The lowest BCUT2D eigenvalue weighted by atomic mass is 9.98. The van der Waals surface area contributed by atoms with Crippen LogP contribution in [0.1, 0.15) is 61.3 Å². The van der Waals surface area contributed by atoms with E-state index < -0.39 is 71.5 Å². The zero-order valence-electron chi connectivity index (χ0n) is 21.0. The van der Waals surface area contributed by atoms with Crippen LogP contribution in [-0.4, -0.2) is 77.0 Å². The maximum atomic E-state index is 12.9. The first-order chi connectivity index (χ1) is 15.8. The van der Waals surface area contributed by atoms with Crippen molar-refractivity contribution < 1.29 is 41.9 Å². The molecule has 0 radical (unpaired) electrons. The van der Waals surface area contributed by atoms with E-state index in [9.17, 15) is 37.1 Å². The predicted octanol–water partition coefficient (Wildman–Crippen LogP) is 1.67. The largest absolute Gasteiger partial charge is 0.452 e. The van der Waals surface area contributed by atoms with E-state index in [-0.39, 0.29) is 13.0 Å². The molecule has 10 nitrogen and oxygen atoms in total. The number of alkyl halides is 3. The highest BCUT2D eigenvalue weighted by atomic mass is 19.4. The molecule has 1 rings (SSSR count). The van der Waals surface area contributed by atoms with E-state index in [0.29, 0.717) is 6.42 Å². The summed E-state index contributed by atoms with van der Waals surface area (Å²) in [5, 5.41) is 6.93. The monoisotopic (exact) mass is 508 g/mol. The van der Waals surface area contributed by atoms with Crippen molar-refractivity contribution in [1.29, 1.82) is 0 Å². The summed E-state index contributed by atoms with van der Waals surface area (Å²) in [6, 6.07) is -4.98. The molecule has 35 heavy (non-hydrogen) atoms. The van der Waals surface area contributed by atoms with Gasteiger partial charge in [-0.05, 0) is 53.4 Å². The lowest BCUT2D eigenvalue weighted by Crippen LogP contribution is -2.57. The number of hydrogen-bond acceptors (Lipinski definition) is 6. The Morgan fingerprint density at radius 3 is 1.97 bits per heavy atom. The molecule has 0 aromatic carbocycles.